The minimum absolute atomic E-state index is 0.00521. The molecule has 5 aliphatic rings. The zero-order valence-electron chi connectivity index (χ0n) is 33.4. The molecule has 6 rings (SSSR count). The predicted molar refractivity (Wildman–Crippen MR) is 206 cm³/mol. The SMILES string of the molecule is CC(=O)O[C@]12CO[C@@H]1C[C@H](O)[C@@]1(C)C(=O)[C@@H](O)C3=C(C)[C@H]4C[C@@](O)([C@H](OC(=O)CCCCSCCCCCC(=O)N[C@H](c5ccccc5)[C@H](O)C(=O)O4)[C@H]21)C3(C)C. The maximum absolute atomic E-state index is 14.9. The molecule has 0 aromatic heterocycles. The zero-order chi connectivity index (χ0) is 41.5. The van der Waals surface area contributed by atoms with Gasteiger partial charge in [0.2, 0.25) is 5.91 Å². The summed E-state index contributed by atoms with van der Waals surface area (Å²) in [5.41, 5.74) is -6.77. The van der Waals surface area contributed by atoms with Gasteiger partial charge in [-0.25, -0.2) is 4.79 Å². The Kier molecular flexibility index (Phi) is 12.7. The van der Waals surface area contributed by atoms with Gasteiger partial charge in [0.25, 0.3) is 0 Å². The Bertz CT molecular complexity index is 1750. The number of benzene rings is 1. The number of carbonyl (C=O) groups is 5. The second kappa shape index (κ2) is 16.7. The van der Waals surface area contributed by atoms with Crippen molar-refractivity contribution in [3.8, 4) is 0 Å². The Morgan fingerprint density at radius 2 is 1.60 bits per heavy atom. The molecule has 5 N–H and O–H groups in total. The molecule has 1 aromatic carbocycles. The molecule has 3 aliphatic carbocycles. The summed E-state index contributed by atoms with van der Waals surface area (Å²) in [4.78, 5) is 69.0. The van der Waals surface area contributed by atoms with E-state index < -0.39 is 101 Å². The Balaban J connectivity index is 1.49. The van der Waals surface area contributed by atoms with E-state index >= 15 is 0 Å². The van der Waals surface area contributed by atoms with Crippen molar-refractivity contribution in [2.75, 3.05) is 18.1 Å². The van der Waals surface area contributed by atoms with E-state index in [1.165, 1.54) is 13.8 Å². The third-order valence-electron chi connectivity index (χ3n) is 13.3. The Morgan fingerprint density at radius 3 is 2.25 bits per heavy atom. The fourth-order valence-electron chi connectivity index (χ4n) is 10.1. The van der Waals surface area contributed by atoms with Gasteiger partial charge in [-0.05, 0) is 67.7 Å². The van der Waals surface area contributed by atoms with E-state index in [9.17, 15) is 44.4 Å². The number of aliphatic hydroxyl groups is 4. The molecule has 2 saturated heterocycles. The molecule has 1 amide bonds. The molecule has 2 saturated carbocycles. The molecule has 57 heavy (non-hydrogen) atoms. The summed E-state index contributed by atoms with van der Waals surface area (Å²) in [5, 5.41) is 51.8. The first-order chi connectivity index (χ1) is 26.9. The molecular formula is C42H57NO13S. The van der Waals surface area contributed by atoms with Crippen LogP contribution in [-0.2, 0) is 42.9 Å². The van der Waals surface area contributed by atoms with Crippen LogP contribution in [0.2, 0.25) is 0 Å². The third-order valence-corrected chi connectivity index (χ3v) is 14.5. The molecule has 0 spiro atoms. The van der Waals surface area contributed by atoms with Gasteiger partial charge in [-0.1, -0.05) is 50.6 Å². The molecule has 11 atom stereocenters. The topological polar surface area (TPSA) is 215 Å². The number of thioether (sulfide) groups is 1. The van der Waals surface area contributed by atoms with Gasteiger partial charge >= 0.3 is 17.9 Å². The van der Waals surface area contributed by atoms with E-state index in [0.29, 0.717) is 24.8 Å². The maximum atomic E-state index is 14.9. The van der Waals surface area contributed by atoms with Gasteiger partial charge in [0, 0.05) is 38.0 Å². The predicted octanol–water partition coefficient (Wildman–Crippen LogP) is 3.01. The maximum Gasteiger partial charge on any atom is 0.338 e. The summed E-state index contributed by atoms with van der Waals surface area (Å²) in [6.07, 6.45) is -6.41. The molecule has 14 nitrogen and oxygen atoms in total. The fourth-order valence-corrected chi connectivity index (χ4v) is 11.1. The van der Waals surface area contributed by atoms with Crippen LogP contribution in [0.25, 0.3) is 0 Å². The van der Waals surface area contributed by atoms with Crippen LogP contribution in [0.4, 0.5) is 0 Å². The number of ketones is 1. The molecule has 2 aliphatic heterocycles. The van der Waals surface area contributed by atoms with E-state index in [0.717, 1.165) is 24.3 Å². The van der Waals surface area contributed by atoms with Crippen LogP contribution in [0.15, 0.2) is 41.5 Å². The largest absolute Gasteiger partial charge is 0.459 e. The van der Waals surface area contributed by atoms with Gasteiger partial charge in [-0.2, -0.15) is 11.8 Å². The van der Waals surface area contributed by atoms with Crippen molar-refractivity contribution in [1.29, 1.82) is 0 Å². The summed E-state index contributed by atoms with van der Waals surface area (Å²) in [7, 11) is 0. The van der Waals surface area contributed by atoms with E-state index in [1.807, 2.05) is 0 Å². The molecule has 4 fully saturated rings. The van der Waals surface area contributed by atoms with Crippen LogP contribution >= 0.6 is 11.8 Å². The van der Waals surface area contributed by atoms with Gasteiger partial charge in [0.15, 0.2) is 17.5 Å². The minimum atomic E-state index is -2.26. The molecule has 3 bridgehead atoms. The lowest BCUT2D eigenvalue weighted by Gasteiger charge is -2.67. The average molecular weight is 816 g/mol. The fraction of sp³-hybridized carbons (Fsp3) is 0.690. The number of amides is 1. The van der Waals surface area contributed by atoms with Crippen LogP contribution in [-0.4, -0.2) is 116 Å². The number of aliphatic hydroxyl groups excluding tert-OH is 3. The summed E-state index contributed by atoms with van der Waals surface area (Å²) < 4.78 is 24.2. The van der Waals surface area contributed by atoms with Gasteiger partial charge in [-0.3, -0.25) is 19.2 Å². The third kappa shape index (κ3) is 7.68. The first kappa shape index (κ1) is 43.2. The second-order valence-corrected chi connectivity index (χ2v) is 18.3. The van der Waals surface area contributed by atoms with Crippen molar-refractivity contribution in [2.24, 2.45) is 16.7 Å². The van der Waals surface area contributed by atoms with Crippen molar-refractivity contribution in [3.05, 3.63) is 47.0 Å². The number of hydrogen-bond donors (Lipinski definition) is 5. The highest BCUT2D eigenvalue weighted by atomic mass is 32.2. The number of carbonyl (C=O) groups excluding carboxylic acids is 5. The Labute approximate surface area is 337 Å². The number of Topliss-reactive ketones (excluding diaryl/α,β-unsaturated/α-hetero) is 1. The van der Waals surface area contributed by atoms with Crippen molar-refractivity contribution < 1.29 is 63.3 Å². The standard InChI is InChI=1S/C42H57NO13S/c1-23-26-21-42(52)37(35-40(5,36(50)33(48)31(23)39(42,3)4)27(45)20-28-41(35,22-53-28)56-24(2)44)55-30(47)17-11-13-19-57-18-12-7-10-16-29(46)43-32(34(49)38(51)54-26)25-14-8-6-9-15-25/h6,8-9,14-15,26-28,32-35,37,45,48-49,52H,7,10-13,16-22H2,1-5H3,(H,43,46)/t26-,27+,28-,32-,33+,34+,35+,37-,40-,41-,42-/m1/s1. The van der Waals surface area contributed by atoms with Crippen LogP contribution < -0.4 is 5.32 Å². The Morgan fingerprint density at radius 1 is 0.930 bits per heavy atom. The van der Waals surface area contributed by atoms with Crippen LogP contribution in [0.5, 0.6) is 0 Å². The summed E-state index contributed by atoms with van der Waals surface area (Å²) >= 11 is 1.73. The summed E-state index contributed by atoms with van der Waals surface area (Å²) in [6, 6.07) is 7.28. The van der Waals surface area contributed by atoms with Crippen molar-refractivity contribution in [1.82, 2.24) is 5.32 Å². The van der Waals surface area contributed by atoms with E-state index in [4.69, 9.17) is 18.9 Å². The average Bonchev–Trinajstić information content (AvgIpc) is 3.15. The second-order valence-electron chi connectivity index (χ2n) is 17.1. The van der Waals surface area contributed by atoms with E-state index in [2.05, 4.69) is 5.32 Å². The zero-order valence-corrected chi connectivity index (χ0v) is 34.2. The highest BCUT2D eigenvalue weighted by Gasteiger charge is 2.78. The molecule has 1 aromatic rings. The number of nitrogens with one attached hydrogen (secondary N) is 1. The van der Waals surface area contributed by atoms with Crippen LogP contribution in [0.1, 0.15) is 104 Å². The van der Waals surface area contributed by atoms with Crippen LogP contribution in [0, 0.1) is 16.7 Å². The first-order valence-electron chi connectivity index (χ1n) is 20.1. The molecule has 15 heteroatoms. The van der Waals surface area contributed by atoms with Gasteiger partial charge in [-0.15, -0.1) is 0 Å². The molecule has 2 heterocycles. The minimum Gasteiger partial charge on any atom is -0.459 e. The van der Waals surface area contributed by atoms with Crippen molar-refractivity contribution in [3.63, 3.8) is 0 Å². The van der Waals surface area contributed by atoms with Crippen molar-refractivity contribution >= 4 is 41.4 Å². The number of hydrogen-bond acceptors (Lipinski definition) is 14. The molecule has 314 valence electrons. The van der Waals surface area contributed by atoms with Gasteiger partial charge in [0.1, 0.15) is 30.0 Å². The number of ether oxygens (including phenoxy) is 4. The monoisotopic (exact) mass is 815 g/mol. The van der Waals surface area contributed by atoms with Gasteiger partial charge in [0.05, 0.1) is 30.1 Å². The Hall–Kier alpha value is -3.34. The van der Waals surface area contributed by atoms with Crippen molar-refractivity contribution in [2.45, 2.75) is 146 Å². The highest BCUT2D eigenvalue weighted by Crippen LogP contribution is 2.64. The molecule has 0 unspecified atom stereocenters. The lowest BCUT2D eigenvalue weighted by Crippen LogP contribution is -2.81. The van der Waals surface area contributed by atoms with E-state index in [1.54, 1.807) is 62.9 Å². The summed E-state index contributed by atoms with van der Waals surface area (Å²) in [5.74, 6) is -3.60. The lowest BCUT2D eigenvalue weighted by atomic mass is 9.44. The number of rotatable bonds is 2. The highest BCUT2D eigenvalue weighted by molar-refractivity contribution is 7.99. The molecular weight excluding hydrogens is 759 g/mol. The number of fused-ring (bicyclic) bond motifs is 6. The van der Waals surface area contributed by atoms with Gasteiger partial charge < -0.3 is 44.7 Å². The quantitative estimate of drug-likeness (QED) is 0.165. The van der Waals surface area contributed by atoms with Crippen LogP contribution in [0.3, 0.4) is 0 Å². The molecule has 0 radical (unpaired) electrons. The lowest BCUT2D eigenvalue weighted by molar-refractivity contribution is -0.347. The smallest absolute Gasteiger partial charge is 0.338 e. The van der Waals surface area contributed by atoms with E-state index in [-0.39, 0.29) is 42.9 Å². The first-order valence-corrected chi connectivity index (χ1v) is 21.2. The normalized spacial score (nSPS) is 39.6. The summed E-state index contributed by atoms with van der Waals surface area (Å²) in [6.45, 7) is 7.10. The number of esters is 3.